The minimum Gasteiger partial charge on any atom is -0.385 e. The molecule has 1 unspecified atom stereocenters. The van der Waals surface area contributed by atoms with Gasteiger partial charge in [-0.25, -0.2) is 0 Å². The van der Waals surface area contributed by atoms with Gasteiger partial charge in [0.1, 0.15) is 0 Å². The molecule has 0 aliphatic heterocycles. The molecule has 0 radical (unpaired) electrons. The monoisotopic (exact) mass is 417 g/mol. The summed E-state index contributed by atoms with van der Waals surface area (Å²) in [6.45, 7) is 1.83. The van der Waals surface area contributed by atoms with Crippen LogP contribution in [0.2, 0.25) is 0 Å². The lowest BCUT2D eigenvalue weighted by Gasteiger charge is -2.24. The van der Waals surface area contributed by atoms with Gasteiger partial charge in [0, 0.05) is 26.9 Å². The molecule has 0 aliphatic rings. The van der Waals surface area contributed by atoms with Gasteiger partial charge in [-0.1, -0.05) is 12.1 Å². The molecule has 18 heavy (non-hydrogen) atoms. The van der Waals surface area contributed by atoms with Gasteiger partial charge >= 0.3 is 0 Å². The van der Waals surface area contributed by atoms with E-state index in [1.807, 2.05) is 37.3 Å². The van der Waals surface area contributed by atoms with Crippen LogP contribution in [0.4, 0.5) is 0 Å². The van der Waals surface area contributed by atoms with Crippen LogP contribution in [0.25, 0.3) is 0 Å². The molecule has 0 bridgehead atoms. The predicted molar refractivity (Wildman–Crippen MR) is 84.4 cm³/mol. The standard InChI is InChI=1S/C14H13BrINO/c1-14(18,11-2-4-13(16)5-3-11)7-10-6-12(15)9-17-8-10/h2-6,8-9,18H,7H2,1H3. The molecular formula is C14H13BrINO. The van der Waals surface area contributed by atoms with Crippen molar-refractivity contribution in [1.82, 2.24) is 4.98 Å². The topological polar surface area (TPSA) is 33.1 Å². The van der Waals surface area contributed by atoms with Gasteiger partial charge in [-0.05, 0) is 74.8 Å². The molecule has 1 aromatic heterocycles. The number of hydrogen-bond donors (Lipinski definition) is 1. The molecule has 0 amide bonds. The van der Waals surface area contributed by atoms with Gasteiger partial charge in [-0.3, -0.25) is 4.98 Å². The third-order valence-electron chi connectivity index (χ3n) is 2.78. The van der Waals surface area contributed by atoms with Crippen LogP contribution in [-0.2, 0) is 12.0 Å². The summed E-state index contributed by atoms with van der Waals surface area (Å²) in [6.07, 6.45) is 4.06. The van der Waals surface area contributed by atoms with E-state index in [0.717, 1.165) is 19.2 Å². The highest BCUT2D eigenvalue weighted by molar-refractivity contribution is 14.1. The average molecular weight is 418 g/mol. The van der Waals surface area contributed by atoms with Crippen LogP contribution in [0.1, 0.15) is 18.1 Å². The van der Waals surface area contributed by atoms with Crippen molar-refractivity contribution in [3.8, 4) is 0 Å². The second-order valence-electron chi connectivity index (χ2n) is 4.47. The molecular weight excluding hydrogens is 405 g/mol. The number of hydrogen-bond acceptors (Lipinski definition) is 2. The zero-order valence-electron chi connectivity index (χ0n) is 9.90. The molecule has 1 atom stereocenters. The Morgan fingerprint density at radius 3 is 2.56 bits per heavy atom. The fourth-order valence-electron chi connectivity index (χ4n) is 1.86. The Balaban J connectivity index is 2.23. The van der Waals surface area contributed by atoms with Gasteiger partial charge in [0.25, 0.3) is 0 Å². The van der Waals surface area contributed by atoms with Gasteiger partial charge < -0.3 is 5.11 Å². The Kier molecular flexibility index (Phi) is 4.40. The summed E-state index contributed by atoms with van der Waals surface area (Å²) in [5.74, 6) is 0. The summed E-state index contributed by atoms with van der Waals surface area (Å²) in [7, 11) is 0. The molecule has 1 aromatic carbocycles. The lowest BCUT2D eigenvalue weighted by atomic mass is 9.90. The number of benzene rings is 1. The summed E-state index contributed by atoms with van der Waals surface area (Å²) >= 11 is 5.65. The fourth-order valence-corrected chi connectivity index (χ4v) is 2.63. The molecule has 94 valence electrons. The Labute approximate surface area is 129 Å². The highest BCUT2D eigenvalue weighted by Gasteiger charge is 2.23. The van der Waals surface area contributed by atoms with Crippen molar-refractivity contribution < 1.29 is 5.11 Å². The second-order valence-corrected chi connectivity index (χ2v) is 6.63. The molecule has 1 N–H and O–H groups in total. The number of halogens is 2. The normalized spacial score (nSPS) is 14.2. The Morgan fingerprint density at radius 1 is 1.28 bits per heavy atom. The maximum Gasteiger partial charge on any atom is 0.0909 e. The van der Waals surface area contributed by atoms with E-state index in [0.29, 0.717) is 6.42 Å². The average Bonchev–Trinajstić information content (AvgIpc) is 2.29. The lowest BCUT2D eigenvalue weighted by Crippen LogP contribution is -2.24. The van der Waals surface area contributed by atoms with Crippen molar-refractivity contribution in [2.45, 2.75) is 18.9 Å². The summed E-state index contributed by atoms with van der Waals surface area (Å²) in [4.78, 5) is 4.12. The molecule has 2 rings (SSSR count). The van der Waals surface area contributed by atoms with Crippen LogP contribution in [0.3, 0.4) is 0 Å². The molecule has 0 saturated heterocycles. The molecule has 0 aliphatic carbocycles. The molecule has 0 saturated carbocycles. The van der Waals surface area contributed by atoms with Gasteiger partial charge in [0.05, 0.1) is 5.60 Å². The van der Waals surface area contributed by atoms with Crippen LogP contribution in [0.15, 0.2) is 47.2 Å². The maximum absolute atomic E-state index is 10.6. The smallest absolute Gasteiger partial charge is 0.0909 e. The molecule has 2 aromatic rings. The van der Waals surface area contributed by atoms with E-state index >= 15 is 0 Å². The minimum atomic E-state index is -0.882. The molecule has 0 spiro atoms. The van der Waals surface area contributed by atoms with E-state index in [2.05, 4.69) is 43.5 Å². The van der Waals surface area contributed by atoms with E-state index in [1.165, 1.54) is 0 Å². The van der Waals surface area contributed by atoms with E-state index in [4.69, 9.17) is 0 Å². The van der Waals surface area contributed by atoms with Gasteiger partial charge in [0.15, 0.2) is 0 Å². The highest BCUT2D eigenvalue weighted by Crippen LogP contribution is 2.26. The van der Waals surface area contributed by atoms with Crippen LogP contribution in [-0.4, -0.2) is 10.1 Å². The quantitative estimate of drug-likeness (QED) is 0.768. The fraction of sp³-hybridized carbons (Fsp3) is 0.214. The first kappa shape index (κ1) is 14.0. The molecule has 2 nitrogen and oxygen atoms in total. The number of aromatic nitrogens is 1. The largest absolute Gasteiger partial charge is 0.385 e. The van der Waals surface area contributed by atoms with Crippen molar-refractivity contribution in [3.63, 3.8) is 0 Å². The third kappa shape index (κ3) is 3.52. The second kappa shape index (κ2) is 5.67. The van der Waals surface area contributed by atoms with E-state index in [1.54, 1.807) is 12.4 Å². The van der Waals surface area contributed by atoms with Crippen molar-refractivity contribution in [3.05, 3.63) is 61.9 Å². The van der Waals surface area contributed by atoms with Crippen LogP contribution in [0.5, 0.6) is 0 Å². The third-order valence-corrected chi connectivity index (χ3v) is 3.93. The maximum atomic E-state index is 10.6. The molecule has 1 heterocycles. The van der Waals surface area contributed by atoms with Crippen LogP contribution >= 0.6 is 38.5 Å². The zero-order chi connectivity index (χ0) is 13.2. The molecule has 4 heteroatoms. The van der Waals surface area contributed by atoms with E-state index in [-0.39, 0.29) is 0 Å². The van der Waals surface area contributed by atoms with Crippen LogP contribution in [0, 0.1) is 3.57 Å². The van der Waals surface area contributed by atoms with Crippen molar-refractivity contribution in [2.24, 2.45) is 0 Å². The lowest BCUT2D eigenvalue weighted by molar-refractivity contribution is 0.0575. The van der Waals surface area contributed by atoms with Gasteiger partial charge in [-0.2, -0.15) is 0 Å². The Bertz CT molecular complexity index is 540. The Morgan fingerprint density at radius 2 is 1.94 bits per heavy atom. The first-order chi connectivity index (χ1) is 8.47. The number of nitrogens with zero attached hydrogens (tertiary/aromatic N) is 1. The Hall–Kier alpha value is -0.460. The zero-order valence-corrected chi connectivity index (χ0v) is 13.6. The van der Waals surface area contributed by atoms with Gasteiger partial charge in [0.2, 0.25) is 0 Å². The van der Waals surface area contributed by atoms with Crippen LogP contribution < -0.4 is 0 Å². The summed E-state index contributed by atoms with van der Waals surface area (Å²) in [5.41, 5.74) is 1.04. The summed E-state index contributed by atoms with van der Waals surface area (Å²) in [5, 5.41) is 10.6. The number of pyridine rings is 1. The highest BCUT2D eigenvalue weighted by atomic mass is 127. The minimum absolute atomic E-state index is 0.542. The molecule has 0 fully saturated rings. The summed E-state index contributed by atoms with van der Waals surface area (Å²) < 4.78 is 2.09. The van der Waals surface area contributed by atoms with E-state index in [9.17, 15) is 5.11 Å². The van der Waals surface area contributed by atoms with Crippen molar-refractivity contribution in [2.75, 3.05) is 0 Å². The van der Waals surface area contributed by atoms with Crippen molar-refractivity contribution in [1.29, 1.82) is 0 Å². The SMILES string of the molecule is CC(O)(Cc1cncc(Br)c1)c1ccc(I)cc1. The number of aliphatic hydroxyl groups is 1. The van der Waals surface area contributed by atoms with Gasteiger partial charge in [-0.15, -0.1) is 0 Å². The first-order valence-corrected chi connectivity index (χ1v) is 7.42. The first-order valence-electron chi connectivity index (χ1n) is 5.55. The predicted octanol–water partition coefficient (Wildman–Crippen LogP) is 3.90. The number of rotatable bonds is 3. The summed E-state index contributed by atoms with van der Waals surface area (Å²) in [6, 6.07) is 9.92. The van der Waals surface area contributed by atoms with Crippen molar-refractivity contribution >= 4 is 38.5 Å². The van der Waals surface area contributed by atoms with E-state index < -0.39 is 5.60 Å².